The maximum Gasteiger partial charge on any atom is 0.00896 e. The minimum atomic E-state index is 0.619. The SMILES string of the molecule is Cc1ccc(CC(C)NC2CCC(C)C2)s1. The van der Waals surface area contributed by atoms with Crippen LogP contribution < -0.4 is 5.32 Å². The van der Waals surface area contributed by atoms with Crippen molar-refractivity contribution in [3.63, 3.8) is 0 Å². The third kappa shape index (κ3) is 3.33. The number of rotatable bonds is 4. The Morgan fingerprint density at radius 3 is 2.81 bits per heavy atom. The molecule has 1 aromatic rings. The van der Waals surface area contributed by atoms with Crippen molar-refractivity contribution in [3.8, 4) is 0 Å². The van der Waals surface area contributed by atoms with Crippen LogP contribution in [-0.4, -0.2) is 12.1 Å². The molecule has 0 amide bonds. The fraction of sp³-hybridized carbons (Fsp3) is 0.714. The molecule has 0 radical (unpaired) electrons. The highest BCUT2D eigenvalue weighted by Gasteiger charge is 2.22. The van der Waals surface area contributed by atoms with Crippen LogP contribution in [0.3, 0.4) is 0 Å². The summed E-state index contributed by atoms with van der Waals surface area (Å²) in [5.74, 6) is 0.925. The lowest BCUT2D eigenvalue weighted by molar-refractivity contribution is 0.439. The van der Waals surface area contributed by atoms with Crippen molar-refractivity contribution >= 4 is 11.3 Å². The zero-order valence-corrected chi connectivity index (χ0v) is 11.4. The van der Waals surface area contributed by atoms with E-state index < -0.39 is 0 Å². The summed E-state index contributed by atoms with van der Waals surface area (Å²) in [4.78, 5) is 2.94. The van der Waals surface area contributed by atoms with Crippen molar-refractivity contribution in [2.24, 2.45) is 5.92 Å². The molecule has 3 unspecified atom stereocenters. The van der Waals surface area contributed by atoms with Crippen molar-refractivity contribution in [2.45, 2.75) is 58.5 Å². The molecule has 16 heavy (non-hydrogen) atoms. The van der Waals surface area contributed by atoms with Crippen LogP contribution in [0.4, 0.5) is 0 Å². The lowest BCUT2D eigenvalue weighted by Gasteiger charge is -2.18. The number of hydrogen-bond acceptors (Lipinski definition) is 2. The van der Waals surface area contributed by atoms with Crippen LogP contribution in [0.15, 0.2) is 12.1 Å². The fourth-order valence-electron chi connectivity index (χ4n) is 2.72. The van der Waals surface area contributed by atoms with E-state index in [0.717, 1.165) is 12.0 Å². The van der Waals surface area contributed by atoms with Gasteiger partial charge in [-0.25, -0.2) is 0 Å². The van der Waals surface area contributed by atoms with Gasteiger partial charge in [-0.05, 0) is 57.6 Å². The van der Waals surface area contributed by atoms with Gasteiger partial charge in [0.2, 0.25) is 0 Å². The van der Waals surface area contributed by atoms with E-state index in [1.165, 1.54) is 35.4 Å². The number of nitrogens with one attached hydrogen (secondary N) is 1. The van der Waals surface area contributed by atoms with Gasteiger partial charge in [-0.3, -0.25) is 0 Å². The van der Waals surface area contributed by atoms with Gasteiger partial charge in [-0.2, -0.15) is 0 Å². The Hall–Kier alpha value is -0.340. The molecule has 2 heteroatoms. The second kappa shape index (κ2) is 5.33. The average Bonchev–Trinajstić information content (AvgIpc) is 2.76. The summed E-state index contributed by atoms with van der Waals surface area (Å²) in [6.45, 7) is 6.87. The molecule has 0 saturated heterocycles. The van der Waals surface area contributed by atoms with Crippen LogP contribution in [0.25, 0.3) is 0 Å². The first-order valence-electron chi connectivity index (χ1n) is 6.45. The van der Waals surface area contributed by atoms with E-state index in [-0.39, 0.29) is 0 Å². The molecule has 1 nitrogen and oxygen atoms in total. The molecule has 0 bridgehead atoms. The van der Waals surface area contributed by atoms with E-state index in [1.54, 1.807) is 0 Å². The van der Waals surface area contributed by atoms with Crippen LogP contribution >= 0.6 is 11.3 Å². The second-order valence-electron chi connectivity index (χ2n) is 5.40. The van der Waals surface area contributed by atoms with Crippen LogP contribution in [0.2, 0.25) is 0 Å². The van der Waals surface area contributed by atoms with E-state index in [4.69, 9.17) is 0 Å². The summed E-state index contributed by atoms with van der Waals surface area (Å²) in [5, 5.41) is 3.77. The molecule has 0 spiro atoms. The van der Waals surface area contributed by atoms with Gasteiger partial charge in [0.25, 0.3) is 0 Å². The highest BCUT2D eigenvalue weighted by molar-refractivity contribution is 7.11. The van der Waals surface area contributed by atoms with Gasteiger partial charge in [0.15, 0.2) is 0 Å². The summed E-state index contributed by atoms with van der Waals surface area (Å²) in [6, 6.07) is 5.89. The summed E-state index contributed by atoms with van der Waals surface area (Å²) in [6.07, 6.45) is 5.33. The Morgan fingerprint density at radius 1 is 1.44 bits per heavy atom. The van der Waals surface area contributed by atoms with Gasteiger partial charge >= 0.3 is 0 Å². The lowest BCUT2D eigenvalue weighted by Crippen LogP contribution is -2.36. The first kappa shape index (κ1) is 12.1. The molecule has 1 fully saturated rings. The van der Waals surface area contributed by atoms with Crippen molar-refractivity contribution < 1.29 is 0 Å². The third-order valence-corrected chi connectivity index (χ3v) is 4.54. The van der Waals surface area contributed by atoms with Gasteiger partial charge in [0.05, 0.1) is 0 Å². The zero-order valence-electron chi connectivity index (χ0n) is 10.6. The predicted octanol–water partition coefficient (Wildman–Crippen LogP) is 3.77. The average molecular weight is 237 g/mol. The molecule has 2 rings (SSSR count). The molecule has 1 saturated carbocycles. The van der Waals surface area contributed by atoms with Crippen molar-refractivity contribution in [2.75, 3.05) is 0 Å². The fourth-order valence-corrected chi connectivity index (χ4v) is 3.74. The molecular formula is C14H23NS. The van der Waals surface area contributed by atoms with Crippen molar-refractivity contribution in [1.82, 2.24) is 5.32 Å². The minimum Gasteiger partial charge on any atom is -0.311 e. The van der Waals surface area contributed by atoms with Gasteiger partial charge in [-0.15, -0.1) is 11.3 Å². The monoisotopic (exact) mass is 237 g/mol. The normalized spacial score (nSPS) is 27.2. The first-order valence-corrected chi connectivity index (χ1v) is 7.26. The lowest BCUT2D eigenvalue weighted by atomic mass is 10.1. The van der Waals surface area contributed by atoms with Gasteiger partial charge in [0, 0.05) is 21.8 Å². The second-order valence-corrected chi connectivity index (χ2v) is 6.77. The van der Waals surface area contributed by atoms with E-state index in [0.29, 0.717) is 6.04 Å². The van der Waals surface area contributed by atoms with Gasteiger partial charge in [0.1, 0.15) is 0 Å². The highest BCUT2D eigenvalue weighted by atomic mass is 32.1. The minimum absolute atomic E-state index is 0.619. The molecule has 1 aromatic heterocycles. The third-order valence-electron chi connectivity index (χ3n) is 3.52. The zero-order chi connectivity index (χ0) is 11.5. The van der Waals surface area contributed by atoms with Crippen LogP contribution in [0, 0.1) is 12.8 Å². The summed E-state index contributed by atoms with van der Waals surface area (Å²) in [7, 11) is 0. The Kier molecular flexibility index (Phi) is 4.04. The van der Waals surface area contributed by atoms with Crippen molar-refractivity contribution in [3.05, 3.63) is 21.9 Å². The van der Waals surface area contributed by atoms with Crippen LogP contribution in [0.1, 0.15) is 42.9 Å². The predicted molar refractivity (Wildman–Crippen MR) is 72.2 cm³/mol. The standard InChI is InChI=1S/C14H23NS/c1-10-4-6-13(8-10)15-11(2)9-14-7-5-12(3)16-14/h5,7,10-11,13,15H,4,6,8-9H2,1-3H3. The van der Waals surface area contributed by atoms with E-state index in [1.807, 2.05) is 11.3 Å². The van der Waals surface area contributed by atoms with Crippen LogP contribution in [0.5, 0.6) is 0 Å². The maximum absolute atomic E-state index is 3.77. The Balaban J connectivity index is 1.78. The highest BCUT2D eigenvalue weighted by Crippen LogP contribution is 2.25. The Morgan fingerprint density at radius 2 is 2.25 bits per heavy atom. The largest absolute Gasteiger partial charge is 0.311 e. The summed E-state index contributed by atoms with van der Waals surface area (Å²) in [5.41, 5.74) is 0. The summed E-state index contributed by atoms with van der Waals surface area (Å²) < 4.78 is 0. The smallest absolute Gasteiger partial charge is 0.00896 e. The first-order chi connectivity index (χ1) is 7.63. The molecule has 90 valence electrons. The molecule has 1 aliphatic carbocycles. The maximum atomic E-state index is 3.77. The molecule has 0 aliphatic heterocycles. The molecule has 1 aliphatic rings. The van der Waals surface area contributed by atoms with Gasteiger partial charge < -0.3 is 5.32 Å². The molecular weight excluding hydrogens is 214 g/mol. The number of hydrogen-bond donors (Lipinski definition) is 1. The van der Waals surface area contributed by atoms with Crippen LogP contribution in [-0.2, 0) is 6.42 Å². The van der Waals surface area contributed by atoms with Crippen molar-refractivity contribution in [1.29, 1.82) is 0 Å². The Labute approximate surface area is 103 Å². The number of thiophene rings is 1. The molecule has 1 heterocycles. The van der Waals surface area contributed by atoms with E-state index >= 15 is 0 Å². The summed E-state index contributed by atoms with van der Waals surface area (Å²) >= 11 is 1.93. The van der Waals surface area contributed by atoms with E-state index in [9.17, 15) is 0 Å². The van der Waals surface area contributed by atoms with E-state index in [2.05, 4.69) is 38.2 Å². The van der Waals surface area contributed by atoms with Gasteiger partial charge in [-0.1, -0.05) is 6.92 Å². The quantitative estimate of drug-likeness (QED) is 0.840. The molecule has 3 atom stereocenters. The topological polar surface area (TPSA) is 12.0 Å². The number of aryl methyl sites for hydroxylation is 1. The Bertz CT molecular complexity index is 331. The molecule has 0 aromatic carbocycles. The molecule has 1 N–H and O–H groups in total.